The fourth-order valence-corrected chi connectivity index (χ4v) is 2.77. The predicted octanol–water partition coefficient (Wildman–Crippen LogP) is 5.78. The topological polar surface area (TPSA) is 9.23 Å². The second-order valence-electron chi connectivity index (χ2n) is 4.37. The van der Waals surface area contributed by atoms with Crippen LogP contribution < -0.4 is 4.74 Å². The summed E-state index contributed by atoms with van der Waals surface area (Å²) in [6.45, 7) is 1.66. The van der Waals surface area contributed by atoms with E-state index in [1.54, 1.807) is 31.2 Å². The third-order valence-electron chi connectivity index (χ3n) is 3.02. The van der Waals surface area contributed by atoms with Crippen LogP contribution in [-0.2, 0) is 0 Å². The molecule has 20 heavy (non-hydrogen) atoms. The average molecular weight is 334 g/mol. The minimum absolute atomic E-state index is 0.283. The van der Waals surface area contributed by atoms with Gasteiger partial charge in [0.1, 0.15) is 11.6 Å². The number of hydrogen-bond donors (Lipinski definition) is 0. The summed E-state index contributed by atoms with van der Waals surface area (Å²) >= 11 is 18.5. The van der Waals surface area contributed by atoms with E-state index in [1.165, 1.54) is 13.2 Å². The third-order valence-corrected chi connectivity index (χ3v) is 4.05. The molecule has 0 spiro atoms. The molecule has 0 radical (unpaired) electrons. The van der Waals surface area contributed by atoms with Gasteiger partial charge in [0.2, 0.25) is 0 Å². The first-order valence-corrected chi connectivity index (χ1v) is 7.06. The summed E-state index contributed by atoms with van der Waals surface area (Å²) in [6, 6.07) is 8.08. The summed E-state index contributed by atoms with van der Waals surface area (Å²) in [4.78, 5) is 0. The van der Waals surface area contributed by atoms with Crippen LogP contribution >= 0.6 is 34.8 Å². The largest absolute Gasteiger partial charge is 0.496 e. The lowest BCUT2D eigenvalue weighted by Gasteiger charge is -2.16. The van der Waals surface area contributed by atoms with Crippen molar-refractivity contribution >= 4 is 34.8 Å². The van der Waals surface area contributed by atoms with Crippen molar-refractivity contribution in [3.63, 3.8) is 0 Å². The molecule has 1 atom stereocenters. The highest BCUT2D eigenvalue weighted by molar-refractivity contribution is 6.33. The van der Waals surface area contributed by atoms with Gasteiger partial charge in [-0.05, 0) is 42.3 Å². The van der Waals surface area contributed by atoms with Crippen LogP contribution in [0.5, 0.6) is 5.75 Å². The normalized spacial score (nSPS) is 12.3. The van der Waals surface area contributed by atoms with E-state index in [4.69, 9.17) is 39.5 Å². The molecule has 1 unspecified atom stereocenters. The van der Waals surface area contributed by atoms with E-state index in [0.29, 0.717) is 21.9 Å². The Labute approximate surface area is 132 Å². The molecule has 0 saturated heterocycles. The van der Waals surface area contributed by atoms with Gasteiger partial charge in [-0.3, -0.25) is 0 Å². The maximum absolute atomic E-state index is 13.5. The Kier molecular flexibility index (Phi) is 4.79. The summed E-state index contributed by atoms with van der Waals surface area (Å²) < 4.78 is 18.7. The summed E-state index contributed by atoms with van der Waals surface area (Å²) in [5.74, 6) is 0.209. The molecule has 0 amide bonds. The molecule has 0 aliphatic rings. The molecular formula is C15H12Cl3FO. The van der Waals surface area contributed by atoms with E-state index in [9.17, 15) is 4.39 Å². The van der Waals surface area contributed by atoms with Crippen LogP contribution in [0.3, 0.4) is 0 Å². The molecule has 1 nitrogen and oxygen atoms in total. The molecule has 5 heteroatoms. The lowest BCUT2D eigenvalue weighted by Crippen LogP contribution is -2.00. The summed E-state index contributed by atoms with van der Waals surface area (Å²) in [5.41, 5.74) is 1.85. The van der Waals surface area contributed by atoms with Crippen molar-refractivity contribution in [2.24, 2.45) is 0 Å². The van der Waals surface area contributed by atoms with Gasteiger partial charge in [0.05, 0.1) is 12.5 Å². The molecule has 0 fully saturated rings. The van der Waals surface area contributed by atoms with Gasteiger partial charge in [0.15, 0.2) is 0 Å². The van der Waals surface area contributed by atoms with Crippen LogP contribution in [0.1, 0.15) is 22.1 Å². The Morgan fingerprint density at radius 1 is 1.10 bits per heavy atom. The Balaban J connectivity index is 2.51. The zero-order valence-corrected chi connectivity index (χ0v) is 13.2. The van der Waals surface area contributed by atoms with Crippen molar-refractivity contribution < 1.29 is 9.13 Å². The van der Waals surface area contributed by atoms with Crippen molar-refractivity contribution in [3.8, 4) is 5.75 Å². The lowest BCUT2D eigenvalue weighted by molar-refractivity contribution is 0.410. The SMILES string of the molecule is COc1cc(Cl)ccc1C(Cl)c1cc(C)c(F)cc1Cl. The van der Waals surface area contributed by atoms with Crippen molar-refractivity contribution in [1.82, 2.24) is 0 Å². The second-order valence-corrected chi connectivity index (χ2v) is 5.65. The molecule has 0 aliphatic heterocycles. The summed E-state index contributed by atoms with van der Waals surface area (Å²) in [5, 5.41) is 0.287. The highest BCUT2D eigenvalue weighted by atomic mass is 35.5. The van der Waals surface area contributed by atoms with Crippen LogP contribution in [-0.4, -0.2) is 7.11 Å². The number of rotatable bonds is 3. The molecule has 2 aromatic rings. The zero-order valence-electron chi connectivity index (χ0n) is 10.9. The molecule has 2 rings (SSSR count). The Morgan fingerprint density at radius 3 is 2.45 bits per heavy atom. The van der Waals surface area contributed by atoms with E-state index < -0.39 is 5.38 Å². The minimum Gasteiger partial charge on any atom is -0.496 e. The third kappa shape index (κ3) is 3.03. The van der Waals surface area contributed by atoms with E-state index in [-0.39, 0.29) is 10.8 Å². The number of halogens is 4. The number of alkyl halides is 1. The fraction of sp³-hybridized carbons (Fsp3) is 0.200. The molecule has 0 heterocycles. The monoisotopic (exact) mass is 332 g/mol. The first-order valence-electron chi connectivity index (χ1n) is 5.87. The van der Waals surface area contributed by atoms with E-state index in [1.807, 2.05) is 0 Å². The van der Waals surface area contributed by atoms with Gasteiger partial charge < -0.3 is 4.74 Å². The van der Waals surface area contributed by atoms with Gasteiger partial charge in [-0.2, -0.15) is 0 Å². The van der Waals surface area contributed by atoms with Crippen LogP contribution in [0, 0.1) is 12.7 Å². The first kappa shape index (κ1) is 15.4. The molecule has 0 N–H and O–H groups in total. The van der Waals surface area contributed by atoms with Crippen molar-refractivity contribution in [2.75, 3.05) is 7.11 Å². The van der Waals surface area contributed by atoms with Crippen LogP contribution in [0.2, 0.25) is 10.0 Å². The lowest BCUT2D eigenvalue weighted by atomic mass is 10.0. The second kappa shape index (κ2) is 6.21. The predicted molar refractivity (Wildman–Crippen MR) is 81.8 cm³/mol. The molecular weight excluding hydrogens is 322 g/mol. The van der Waals surface area contributed by atoms with Gasteiger partial charge in [-0.15, -0.1) is 11.6 Å². The minimum atomic E-state index is -0.547. The number of aryl methyl sites for hydroxylation is 1. The number of ether oxygens (including phenoxy) is 1. The van der Waals surface area contributed by atoms with Gasteiger partial charge in [0, 0.05) is 15.6 Å². The molecule has 106 valence electrons. The Morgan fingerprint density at radius 2 is 1.80 bits per heavy atom. The summed E-state index contributed by atoms with van der Waals surface area (Å²) in [6.07, 6.45) is 0. The number of methoxy groups -OCH3 is 1. The van der Waals surface area contributed by atoms with E-state index in [2.05, 4.69) is 0 Å². The van der Waals surface area contributed by atoms with Crippen molar-refractivity contribution in [1.29, 1.82) is 0 Å². The molecule has 0 bridgehead atoms. The van der Waals surface area contributed by atoms with Gasteiger partial charge in [0.25, 0.3) is 0 Å². The van der Waals surface area contributed by atoms with Gasteiger partial charge in [-0.25, -0.2) is 4.39 Å². The van der Waals surface area contributed by atoms with Crippen LogP contribution in [0.4, 0.5) is 4.39 Å². The first-order chi connectivity index (χ1) is 9.43. The van der Waals surface area contributed by atoms with E-state index >= 15 is 0 Å². The Hall–Kier alpha value is -0.960. The molecule has 0 saturated carbocycles. The average Bonchev–Trinajstić information content (AvgIpc) is 2.42. The van der Waals surface area contributed by atoms with Crippen molar-refractivity contribution in [2.45, 2.75) is 12.3 Å². The molecule has 2 aromatic carbocycles. The maximum Gasteiger partial charge on any atom is 0.127 e. The highest BCUT2D eigenvalue weighted by Gasteiger charge is 2.20. The van der Waals surface area contributed by atoms with Crippen molar-refractivity contribution in [3.05, 3.63) is 62.9 Å². The standard InChI is InChI=1S/C15H12Cl3FO/c1-8-5-11(12(17)7-13(8)19)15(18)10-4-3-9(16)6-14(10)20-2/h3-7,15H,1-2H3. The van der Waals surface area contributed by atoms with Gasteiger partial charge in [-0.1, -0.05) is 29.3 Å². The zero-order chi connectivity index (χ0) is 14.9. The highest BCUT2D eigenvalue weighted by Crippen LogP contribution is 2.39. The molecule has 0 aromatic heterocycles. The number of hydrogen-bond acceptors (Lipinski definition) is 1. The maximum atomic E-state index is 13.5. The quantitative estimate of drug-likeness (QED) is 0.647. The van der Waals surface area contributed by atoms with Crippen LogP contribution in [0.25, 0.3) is 0 Å². The molecule has 0 aliphatic carbocycles. The number of benzene rings is 2. The fourth-order valence-electron chi connectivity index (χ4n) is 1.94. The smallest absolute Gasteiger partial charge is 0.127 e. The van der Waals surface area contributed by atoms with E-state index in [0.717, 1.165) is 5.56 Å². The van der Waals surface area contributed by atoms with Gasteiger partial charge >= 0.3 is 0 Å². The Bertz CT molecular complexity index is 643. The summed E-state index contributed by atoms with van der Waals surface area (Å²) in [7, 11) is 1.54. The van der Waals surface area contributed by atoms with Crippen LogP contribution in [0.15, 0.2) is 30.3 Å².